The van der Waals surface area contributed by atoms with Crippen LogP contribution in [0.25, 0.3) is 0 Å². The number of hydrogen-bond donors (Lipinski definition) is 1. The van der Waals surface area contributed by atoms with E-state index in [1.165, 1.54) is 0 Å². The van der Waals surface area contributed by atoms with Gasteiger partial charge in [-0.1, -0.05) is 6.92 Å². The quantitative estimate of drug-likeness (QED) is 0.891. The van der Waals surface area contributed by atoms with Crippen LogP contribution < -0.4 is 10.2 Å². The molecule has 0 aliphatic carbocycles. The van der Waals surface area contributed by atoms with E-state index in [-0.39, 0.29) is 0 Å². The zero-order valence-corrected chi connectivity index (χ0v) is 12.7. The van der Waals surface area contributed by atoms with Crippen LogP contribution in [0.4, 0.5) is 11.6 Å². The van der Waals surface area contributed by atoms with Gasteiger partial charge >= 0.3 is 0 Å². The second-order valence-corrected chi connectivity index (χ2v) is 6.16. The molecule has 1 aromatic rings. The molecule has 1 aliphatic rings. The molecule has 0 radical (unpaired) electrons. The molecule has 0 bridgehead atoms. The van der Waals surface area contributed by atoms with Crippen LogP contribution in [-0.2, 0) is 11.3 Å². The average molecular weight is 282 g/mol. The van der Waals surface area contributed by atoms with Crippen molar-refractivity contribution in [2.75, 3.05) is 42.7 Å². The molecular formula is C13H22N4OS. The summed E-state index contributed by atoms with van der Waals surface area (Å²) in [5.41, 5.74) is 0. The van der Waals surface area contributed by atoms with Crippen molar-refractivity contribution < 1.29 is 4.74 Å². The minimum atomic E-state index is 0.449. The molecule has 1 aliphatic heterocycles. The van der Waals surface area contributed by atoms with E-state index in [0.29, 0.717) is 11.9 Å². The Morgan fingerprint density at radius 3 is 3.05 bits per heavy atom. The van der Waals surface area contributed by atoms with Gasteiger partial charge in [-0.05, 0) is 6.92 Å². The van der Waals surface area contributed by atoms with Crippen LogP contribution in [-0.4, -0.2) is 47.7 Å². The lowest BCUT2D eigenvalue weighted by atomic mass is 10.3. The van der Waals surface area contributed by atoms with E-state index in [2.05, 4.69) is 34.0 Å². The molecule has 1 saturated heterocycles. The molecular weight excluding hydrogens is 260 g/mol. The highest BCUT2D eigenvalue weighted by Gasteiger charge is 2.19. The lowest BCUT2D eigenvalue weighted by molar-refractivity contribution is 0.178. The van der Waals surface area contributed by atoms with E-state index < -0.39 is 0 Å². The first kappa shape index (κ1) is 14.4. The van der Waals surface area contributed by atoms with Crippen LogP contribution >= 0.6 is 11.8 Å². The van der Waals surface area contributed by atoms with Crippen molar-refractivity contribution in [2.45, 2.75) is 25.7 Å². The maximum Gasteiger partial charge on any atom is 0.158 e. The third kappa shape index (κ3) is 3.98. The van der Waals surface area contributed by atoms with Gasteiger partial charge in [0.05, 0.1) is 0 Å². The average Bonchev–Trinajstić information content (AvgIpc) is 2.39. The largest absolute Gasteiger partial charge is 0.377 e. The van der Waals surface area contributed by atoms with Crippen LogP contribution in [0.15, 0.2) is 6.07 Å². The summed E-state index contributed by atoms with van der Waals surface area (Å²) in [5.74, 6) is 3.78. The normalized spacial score (nSPS) is 19.5. The van der Waals surface area contributed by atoms with Crippen LogP contribution in [0, 0.1) is 0 Å². The van der Waals surface area contributed by atoms with Crippen LogP contribution in [0.2, 0.25) is 0 Å². The first-order valence-electron chi connectivity index (χ1n) is 6.70. The van der Waals surface area contributed by atoms with E-state index in [4.69, 9.17) is 4.74 Å². The van der Waals surface area contributed by atoms with Crippen molar-refractivity contribution >= 4 is 23.4 Å². The smallest absolute Gasteiger partial charge is 0.158 e. The topological polar surface area (TPSA) is 50.3 Å². The zero-order valence-electron chi connectivity index (χ0n) is 11.8. The monoisotopic (exact) mass is 282 g/mol. The number of methoxy groups -OCH3 is 1. The van der Waals surface area contributed by atoms with E-state index in [0.717, 1.165) is 42.8 Å². The van der Waals surface area contributed by atoms with Gasteiger partial charge in [-0.3, -0.25) is 0 Å². The van der Waals surface area contributed by atoms with Crippen LogP contribution in [0.3, 0.4) is 0 Å². The van der Waals surface area contributed by atoms with Crippen molar-refractivity contribution in [2.24, 2.45) is 0 Å². The zero-order chi connectivity index (χ0) is 13.7. The number of thioether (sulfide) groups is 1. The SMILES string of the molecule is CCNc1cc(N2CCSC(C)C2)nc(COC)n1. The second kappa shape index (κ2) is 6.96. The van der Waals surface area contributed by atoms with Gasteiger partial charge in [-0.25, -0.2) is 9.97 Å². The minimum Gasteiger partial charge on any atom is -0.377 e. The molecule has 0 spiro atoms. The predicted octanol–water partition coefficient (Wildman–Crippen LogP) is 2.00. The summed E-state index contributed by atoms with van der Waals surface area (Å²) in [5, 5.41) is 3.91. The van der Waals surface area contributed by atoms with Crippen LogP contribution in [0.5, 0.6) is 0 Å². The van der Waals surface area contributed by atoms with Crippen molar-refractivity contribution in [1.29, 1.82) is 0 Å². The molecule has 0 amide bonds. The van der Waals surface area contributed by atoms with Gasteiger partial charge in [0.1, 0.15) is 18.2 Å². The van der Waals surface area contributed by atoms with Gasteiger partial charge in [-0.15, -0.1) is 0 Å². The molecule has 5 nitrogen and oxygen atoms in total. The van der Waals surface area contributed by atoms with E-state index in [1.54, 1.807) is 7.11 Å². The first-order chi connectivity index (χ1) is 9.22. The second-order valence-electron chi connectivity index (χ2n) is 4.62. The van der Waals surface area contributed by atoms with Gasteiger partial charge in [0.2, 0.25) is 0 Å². The summed E-state index contributed by atoms with van der Waals surface area (Å²) in [6.45, 7) is 7.72. The third-order valence-corrected chi connectivity index (χ3v) is 4.09. The highest BCUT2D eigenvalue weighted by atomic mass is 32.2. The van der Waals surface area contributed by atoms with E-state index >= 15 is 0 Å². The summed E-state index contributed by atoms with van der Waals surface area (Å²) in [7, 11) is 1.67. The Morgan fingerprint density at radius 1 is 1.53 bits per heavy atom. The Labute approximate surface area is 119 Å². The van der Waals surface area contributed by atoms with Crippen molar-refractivity contribution in [3.05, 3.63) is 11.9 Å². The van der Waals surface area contributed by atoms with Crippen molar-refractivity contribution in [1.82, 2.24) is 9.97 Å². The number of nitrogens with one attached hydrogen (secondary N) is 1. The standard InChI is InChI=1S/C13H22N4OS/c1-4-14-11-7-13(16-12(15-11)9-18-3)17-5-6-19-10(2)8-17/h7,10H,4-6,8-9H2,1-3H3,(H,14,15,16). The molecule has 1 N–H and O–H groups in total. The van der Waals surface area contributed by atoms with Gasteiger partial charge in [-0.2, -0.15) is 11.8 Å². The molecule has 0 aromatic carbocycles. The Kier molecular flexibility index (Phi) is 5.27. The predicted molar refractivity (Wildman–Crippen MR) is 81.0 cm³/mol. The highest BCUT2D eigenvalue weighted by Crippen LogP contribution is 2.24. The Hall–Kier alpha value is -1.01. The number of nitrogens with zero attached hydrogens (tertiary/aromatic N) is 3. The number of ether oxygens (including phenoxy) is 1. The van der Waals surface area contributed by atoms with E-state index in [1.807, 2.05) is 17.8 Å². The summed E-state index contributed by atoms with van der Waals surface area (Å²) in [6.07, 6.45) is 0. The van der Waals surface area contributed by atoms with Gasteiger partial charge in [0.15, 0.2) is 5.82 Å². The third-order valence-electron chi connectivity index (χ3n) is 2.96. The Balaban J connectivity index is 2.21. The fourth-order valence-corrected chi connectivity index (χ4v) is 3.15. The molecule has 19 heavy (non-hydrogen) atoms. The van der Waals surface area contributed by atoms with Gasteiger partial charge in [0.25, 0.3) is 0 Å². The number of aromatic nitrogens is 2. The number of anilines is 2. The Morgan fingerprint density at radius 2 is 2.37 bits per heavy atom. The van der Waals surface area contributed by atoms with Gasteiger partial charge < -0.3 is 15.0 Å². The number of rotatable bonds is 5. The fourth-order valence-electron chi connectivity index (χ4n) is 2.14. The molecule has 1 aromatic heterocycles. The molecule has 1 unspecified atom stereocenters. The lowest BCUT2D eigenvalue weighted by Crippen LogP contribution is -2.37. The summed E-state index contributed by atoms with van der Waals surface area (Å²) >= 11 is 2.02. The molecule has 1 fully saturated rings. The summed E-state index contributed by atoms with van der Waals surface area (Å²) in [6, 6.07) is 2.03. The molecule has 106 valence electrons. The molecule has 2 rings (SSSR count). The van der Waals surface area contributed by atoms with Crippen molar-refractivity contribution in [3.8, 4) is 0 Å². The first-order valence-corrected chi connectivity index (χ1v) is 7.75. The number of hydrogen-bond acceptors (Lipinski definition) is 6. The lowest BCUT2D eigenvalue weighted by Gasteiger charge is -2.31. The maximum atomic E-state index is 5.15. The summed E-state index contributed by atoms with van der Waals surface area (Å²) < 4.78 is 5.15. The molecule has 2 heterocycles. The molecule has 0 saturated carbocycles. The highest BCUT2D eigenvalue weighted by molar-refractivity contribution is 8.00. The van der Waals surface area contributed by atoms with E-state index in [9.17, 15) is 0 Å². The fraction of sp³-hybridized carbons (Fsp3) is 0.692. The maximum absolute atomic E-state index is 5.15. The summed E-state index contributed by atoms with van der Waals surface area (Å²) in [4.78, 5) is 11.4. The molecule has 6 heteroatoms. The molecule has 1 atom stereocenters. The Bertz CT molecular complexity index is 391. The van der Waals surface area contributed by atoms with Crippen molar-refractivity contribution in [3.63, 3.8) is 0 Å². The van der Waals surface area contributed by atoms with Gasteiger partial charge in [0, 0.05) is 43.8 Å². The van der Waals surface area contributed by atoms with Crippen LogP contribution in [0.1, 0.15) is 19.7 Å². The minimum absolute atomic E-state index is 0.449.